The molecule has 1 aromatic heterocycles. The topological polar surface area (TPSA) is 71.8 Å². The summed E-state index contributed by atoms with van der Waals surface area (Å²) in [5.74, 6) is 0.954. The van der Waals surface area contributed by atoms with Crippen LogP contribution < -0.4 is 10.6 Å². The van der Waals surface area contributed by atoms with Crippen LogP contribution in [0.3, 0.4) is 0 Å². The van der Waals surface area contributed by atoms with Gasteiger partial charge in [0.2, 0.25) is 5.91 Å². The number of halogens is 1. The largest absolute Gasteiger partial charge is 0.378 e. The Labute approximate surface area is 208 Å². The molecule has 0 aliphatic carbocycles. The predicted molar refractivity (Wildman–Crippen MR) is 140 cm³/mol. The second-order valence-electron chi connectivity index (χ2n) is 7.92. The normalized spacial score (nSPS) is 10.8. The molecule has 4 aromatic rings. The fraction of sp³-hybridized carbons (Fsp3) is 0.192. The third kappa shape index (κ3) is 6.18. The Morgan fingerprint density at radius 2 is 1.74 bits per heavy atom. The molecule has 0 saturated heterocycles. The summed E-state index contributed by atoms with van der Waals surface area (Å²) in [4.78, 5) is 12.7. The Kier molecular flexibility index (Phi) is 7.87. The third-order valence-electron chi connectivity index (χ3n) is 5.48. The van der Waals surface area contributed by atoms with Gasteiger partial charge < -0.3 is 15.2 Å². The molecule has 6 nitrogen and oxygen atoms in total. The number of nitrogens with zero attached hydrogens (tertiary/aromatic N) is 3. The summed E-state index contributed by atoms with van der Waals surface area (Å²) >= 11 is 7.37. The summed E-state index contributed by atoms with van der Waals surface area (Å²) in [6, 6.07) is 23.6. The number of aromatic nitrogens is 3. The first-order valence-corrected chi connectivity index (χ1v) is 12.3. The van der Waals surface area contributed by atoms with Gasteiger partial charge in [-0.15, -0.1) is 10.2 Å². The highest BCUT2D eigenvalue weighted by Crippen LogP contribution is 2.22. The molecule has 0 bridgehead atoms. The van der Waals surface area contributed by atoms with Crippen molar-refractivity contribution in [3.8, 4) is 0 Å². The van der Waals surface area contributed by atoms with Gasteiger partial charge in [0.25, 0.3) is 0 Å². The predicted octanol–water partition coefficient (Wildman–Crippen LogP) is 5.94. The lowest BCUT2D eigenvalue weighted by atomic mass is 10.1. The van der Waals surface area contributed by atoms with Gasteiger partial charge in [-0.05, 0) is 60.9 Å². The summed E-state index contributed by atoms with van der Waals surface area (Å²) in [6.45, 7) is 5.16. The van der Waals surface area contributed by atoms with E-state index in [9.17, 15) is 4.79 Å². The second-order valence-corrected chi connectivity index (χ2v) is 9.29. The first-order chi connectivity index (χ1) is 16.5. The number of rotatable bonds is 9. The fourth-order valence-electron chi connectivity index (χ4n) is 3.43. The maximum absolute atomic E-state index is 12.7. The van der Waals surface area contributed by atoms with E-state index in [-0.39, 0.29) is 11.7 Å². The van der Waals surface area contributed by atoms with Crippen molar-refractivity contribution in [3.05, 3.63) is 100 Å². The molecule has 0 aliphatic heterocycles. The van der Waals surface area contributed by atoms with Gasteiger partial charge >= 0.3 is 0 Å². The molecule has 0 saturated carbocycles. The zero-order chi connectivity index (χ0) is 23.9. The standard InChI is InChI=1S/C26H26ClN5OS/c1-18-7-6-10-23(19(18)2)29-25(33)17-34-26-31-30-24(15-28-22-13-11-21(27)12-14-22)32(26)16-20-8-4-3-5-9-20/h3-14,28H,15-17H2,1-2H3,(H,29,33). The summed E-state index contributed by atoms with van der Waals surface area (Å²) in [6.07, 6.45) is 0. The summed E-state index contributed by atoms with van der Waals surface area (Å²) in [7, 11) is 0. The number of benzene rings is 3. The van der Waals surface area contributed by atoms with E-state index in [1.54, 1.807) is 0 Å². The highest BCUT2D eigenvalue weighted by Gasteiger charge is 2.15. The van der Waals surface area contributed by atoms with E-state index in [0.717, 1.165) is 33.9 Å². The molecule has 0 atom stereocenters. The van der Waals surface area contributed by atoms with Gasteiger partial charge in [0, 0.05) is 16.4 Å². The van der Waals surface area contributed by atoms with Crippen molar-refractivity contribution >= 4 is 40.6 Å². The molecule has 3 aromatic carbocycles. The van der Waals surface area contributed by atoms with Crippen molar-refractivity contribution in [2.45, 2.75) is 32.1 Å². The van der Waals surface area contributed by atoms with Gasteiger partial charge in [-0.1, -0.05) is 65.8 Å². The molecule has 0 unspecified atom stereocenters. The quantitative estimate of drug-likeness (QED) is 0.283. The zero-order valence-corrected chi connectivity index (χ0v) is 20.7. The van der Waals surface area contributed by atoms with Crippen LogP contribution in [-0.4, -0.2) is 26.4 Å². The van der Waals surface area contributed by atoms with E-state index in [0.29, 0.717) is 23.3 Å². The van der Waals surface area contributed by atoms with Crippen molar-refractivity contribution in [1.82, 2.24) is 14.8 Å². The summed E-state index contributed by atoms with van der Waals surface area (Å²) in [5, 5.41) is 16.6. The highest BCUT2D eigenvalue weighted by atomic mass is 35.5. The van der Waals surface area contributed by atoms with Gasteiger partial charge in [-0.2, -0.15) is 0 Å². The van der Waals surface area contributed by atoms with Crippen LogP contribution in [0.25, 0.3) is 0 Å². The van der Waals surface area contributed by atoms with Crippen LogP contribution in [0.2, 0.25) is 5.02 Å². The number of hydrogen-bond donors (Lipinski definition) is 2. The van der Waals surface area contributed by atoms with Gasteiger partial charge in [0.15, 0.2) is 11.0 Å². The molecule has 1 heterocycles. The maximum Gasteiger partial charge on any atom is 0.234 e. The number of nitrogens with one attached hydrogen (secondary N) is 2. The number of anilines is 2. The van der Waals surface area contributed by atoms with Crippen molar-refractivity contribution < 1.29 is 4.79 Å². The van der Waals surface area contributed by atoms with Crippen LogP contribution in [0, 0.1) is 13.8 Å². The number of carbonyl (C=O) groups excluding carboxylic acids is 1. The Morgan fingerprint density at radius 1 is 0.971 bits per heavy atom. The third-order valence-corrected chi connectivity index (χ3v) is 6.70. The first kappa shape index (κ1) is 23.9. The summed E-state index contributed by atoms with van der Waals surface area (Å²) in [5.41, 5.74) is 5.14. The molecule has 0 aliphatic rings. The lowest BCUT2D eigenvalue weighted by Gasteiger charge is -2.12. The molecule has 0 radical (unpaired) electrons. The number of carbonyl (C=O) groups is 1. The van der Waals surface area contributed by atoms with Crippen LogP contribution >= 0.6 is 23.4 Å². The first-order valence-electron chi connectivity index (χ1n) is 10.9. The van der Waals surface area contributed by atoms with Crippen LogP contribution in [0.5, 0.6) is 0 Å². The smallest absolute Gasteiger partial charge is 0.234 e. The van der Waals surface area contributed by atoms with Gasteiger partial charge in [0.05, 0.1) is 18.8 Å². The minimum absolute atomic E-state index is 0.0752. The number of amides is 1. The van der Waals surface area contributed by atoms with E-state index >= 15 is 0 Å². The average molecular weight is 492 g/mol. The van der Waals surface area contributed by atoms with Crippen LogP contribution in [0.4, 0.5) is 11.4 Å². The lowest BCUT2D eigenvalue weighted by Crippen LogP contribution is -2.16. The van der Waals surface area contributed by atoms with E-state index in [2.05, 4.69) is 33.0 Å². The molecular formula is C26H26ClN5OS. The average Bonchev–Trinajstić information content (AvgIpc) is 3.22. The van der Waals surface area contributed by atoms with Crippen molar-refractivity contribution in [2.75, 3.05) is 16.4 Å². The number of aryl methyl sites for hydroxylation is 1. The fourth-order valence-corrected chi connectivity index (χ4v) is 4.32. The maximum atomic E-state index is 12.7. The van der Waals surface area contributed by atoms with E-state index in [1.807, 2.05) is 79.1 Å². The molecule has 1 amide bonds. The second kappa shape index (κ2) is 11.2. The minimum atomic E-state index is -0.0752. The molecule has 8 heteroatoms. The van der Waals surface area contributed by atoms with Crippen LogP contribution in [0.1, 0.15) is 22.5 Å². The van der Waals surface area contributed by atoms with Gasteiger partial charge in [-0.25, -0.2) is 0 Å². The zero-order valence-electron chi connectivity index (χ0n) is 19.1. The van der Waals surface area contributed by atoms with Gasteiger partial charge in [0.1, 0.15) is 0 Å². The molecule has 34 heavy (non-hydrogen) atoms. The lowest BCUT2D eigenvalue weighted by molar-refractivity contribution is -0.113. The van der Waals surface area contributed by atoms with Crippen molar-refractivity contribution in [1.29, 1.82) is 0 Å². The highest BCUT2D eigenvalue weighted by molar-refractivity contribution is 7.99. The van der Waals surface area contributed by atoms with Gasteiger partial charge in [-0.3, -0.25) is 4.79 Å². The number of thioether (sulfide) groups is 1. The van der Waals surface area contributed by atoms with E-state index in [1.165, 1.54) is 11.8 Å². The molecular weight excluding hydrogens is 466 g/mol. The Balaban J connectivity index is 1.47. The van der Waals surface area contributed by atoms with E-state index in [4.69, 9.17) is 11.6 Å². The Bertz CT molecular complexity index is 1260. The van der Waals surface area contributed by atoms with Crippen LogP contribution in [-0.2, 0) is 17.9 Å². The molecule has 4 rings (SSSR count). The monoisotopic (exact) mass is 491 g/mol. The molecule has 2 N–H and O–H groups in total. The minimum Gasteiger partial charge on any atom is -0.378 e. The molecule has 0 spiro atoms. The van der Waals surface area contributed by atoms with Crippen LogP contribution in [0.15, 0.2) is 78.0 Å². The molecule has 174 valence electrons. The molecule has 0 fully saturated rings. The SMILES string of the molecule is Cc1cccc(NC(=O)CSc2nnc(CNc3ccc(Cl)cc3)n2Cc2ccccc2)c1C. The Hall–Kier alpha value is -3.29. The Morgan fingerprint density at radius 3 is 2.50 bits per heavy atom. The van der Waals surface area contributed by atoms with Crippen molar-refractivity contribution in [3.63, 3.8) is 0 Å². The number of hydrogen-bond acceptors (Lipinski definition) is 5. The summed E-state index contributed by atoms with van der Waals surface area (Å²) < 4.78 is 2.05. The van der Waals surface area contributed by atoms with E-state index < -0.39 is 0 Å². The van der Waals surface area contributed by atoms with Crippen molar-refractivity contribution in [2.24, 2.45) is 0 Å².